The van der Waals surface area contributed by atoms with Gasteiger partial charge in [-0.05, 0) is 5.92 Å². The quantitative estimate of drug-likeness (QED) is 0.320. The lowest BCUT2D eigenvalue weighted by Gasteiger charge is -1.85. The van der Waals surface area contributed by atoms with E-state index in [1.807, 2.05) is 18.4 Å². The zero-order valence-corrected chi connectivity index (χ0v) is 8.75. The van der Waals surface area contributed by atoms with Crippen molar-refractivity contribution < 1.29 is 33.0 Å². The summed E-state index contributed by atoms with van der Waals surface area (Å²) in [6, 6.07) is 0. The SMILES string of the molecule is C#CC[n+]1c(C)coc1C.[I-]. The van der Waals surface area contributed by atoms with Gasteiger partial charge in [-0.15, -0.1) is 6.42 Å². The second-order valence-electron chi connectivity index (χ2n) is 2.19. The number of hydrogen-bond donors (Lipinski definition) is 0. The van der Waals surface area contributed by atoms with Gasteiger partial charge in [0.1, 0.15) is 0 Å². The lowest BCUT2D eigenvalue weighted by molar-refractivity contribution is -0.699. The Bertz CT molecular complexity index is 253. The van der Waals surface area contributed by atoms with Gasteiger partial charge in [0.25, 0.3) is 0 Å². The highest BCUT2D eigenvalue weighted by Gasteiger charge is 2.11. The number of halogens is 1. The summed E-state index contributed by atoms with van der Waals surface area (Å²) >= 11 is 0. The Morgan fingerprint density at radius 1 is 1.64 bits per heavy atom. The van der Waals surface area contributed by atoms with Crippen molar-refractivity contribution in [3.63, 3.8) is 0 Å². The van der Waals surface area contributed by atoms with E-state index in [0.717, 1.165) is 11.6 Å². The van der Waals surface area contributed by atoms with Crippen LogP contribution in [-0.4, -0.2) is 0 Å². The van der Waals surface area contributed by atoms with Crippen molar-refractivity contribution in [1.82, 2.24) is 0 Å². The van der Waals surface area contributed by atoms with Gasteiger partial charge in [-0.3, -0.25) is 0 Å². The first kappa shape index (κ1) is 10.5. The van der Waals surface area contributed by atoms with Gasteiger partial charge in [0.15, 0.2) is 6.26 Å². The monoisotopic (exact) mass is 263 g/mol. The summed E-state index contributed by atoms with van der Waals surface area (Å²) in [4.78, 5) is 0. The van der Waals surface area contributed by atoms with E-state index in [2.05, 4.69) is 5.92 Å². The first-order chi connectivity index (χ1) is 4.75. The standard InChI is InChI=1S/C8H10NO.HI/c1-4-5-9-7(2)6-10-8(9)3;/h1,6H,5H2,2-3H3;1H/q+1;/p-1. The number of oxazole rings is 1. The number of nitrogens with zero attached hydrogens (tertiary/aromatic N) is 1. The molecule has 0 radical (unpaired) electrons. The van der Waals surface area contributed by atoms with Crippen LogP contribution in [0.15, 0.2) is 10.7 Å². The van der Waals surface area contributed by atoms with Crippen molar-refractivity contribution in [2.75, 3.05) is 0 Å². The highest BCUT2D eigenvalue weighted by Crippen LogP contribution is 1.94. The molecule has 1 aromatic heterocycles. The molecule has 0 atom stereocenters. The summed E-state index contributed by atoms with van der Waals surface area (Å²) in [5.41, 5.74) is 1.07. The van der Waals surface area contributed by atoms with Crippen LogP contribution in [0.25, 0.3) is 0 Å². The van der Waals surface area contributed by atoms with Crippen LogP contribution in [0.3, 0.4) is 0 Å². The Balaban J connectivity index is 0.000001000. The fraction of sp³-hybridized carbons (Fsp3) is 0.375. The van der Waals surface area contributed by atoms with Gasteiger partial charge < -0.3 is 28.4 Å². The van der Waals surface area contributed by atoms with Crippen molar-refractivity contribution in [1.29, 1.82) is 0 Å². The van der Waals surface area contributed by atoms with Gasteiger partial charge in [0.05, 0.1) is 6.92 Å². The third-order valence-electron chi connectivity index (χ3n) is 1.46. The van der Waals surface area contributed by atoms with Crippen molar-refractivity contribution in [3.8, 4) is 12.3 Å². The molecule has 0 fully saturated rings. The maximum Gasteiger partial charge on any atom is 0.344 e. The molecule has 0 saturated carbocycles. The minimum Gasteiger partial charge on any atom is -1.00 e. The number of hydrogen-bond acceptors (Lipinski definition) is 1. The number of aryl methyl sites for hydroxylation is 2. The lowest BCUT2D eigenvalue weighted by Crippen LogP contribution is -3.00. The van der Waals surface area contributed by atoms with E-state index in [9.17, 15) is 0 Å². The topological polar surface area (TPSA) is 17.0 Å². The Kier molecular flexibility index (Phi) is 4.19. The minimum absolute atomic E-state index is 0. The molecule has 2 nitrogen and oxygen atoms in total. The van der Waals surface area contributed by atoms with Crippen molar-refractivity contribution in [3.05, 3.63) is 17.8 Å². The Morgan fingerprint density at radius 2 is 2.27 bits per heavy atom. The molecule has 0 unspecified atom stereocenters. The molecule has 11 heavy (non-hydrogen) atoms. The van der Waals surface area contributed by atoms with E-state index < -0.39 is 0 Å². The fourth-order valence-corrected chi connectivity index (χ4v) is 0.873. The average molecular weight is 263 g/mol. The highest BCUT2D eigenvalue weighted by atomic mass is 127. The van der Waals surface area contributed by atoms with Crippen LogP contribution in [0, 0.1) is 26.2 Å². The molecule has 1 aromatic rings. The van der Waals surface area contributed by atoms with Gasteiger partial charge >= 0.3 is 5.89 Å². The lowest BCUT2D eigenvalue weighted by atomic mass is 10.5. The molecule has 0 saturated heterocycles. The van der Waals surface area contributed by atoms with Crippen LogP contribution >= 0.6 is 0 Å². The largest absolute Gasteiger partial charge is 1.00 e. The molecule has 1 heterocycles. The average Bonchev–Trinajstić information content (AvgIpc) is 2.20. The fourth-order valence-electron chi connectivity index (χ4n) is 0.873. The zero-order chi connectivity index (χ0) is 7.56. The van der Waals surface area contributed by atoms with Crippen LogP contribution in [0.4, 0.5) is 0 Å². The van der Waals surface area contributed by atoms with E-state index in [1.165, 1.54) is 0 Å². The summed E-state index contributed by atoms with van der Waals surface area (Å²) < 4.78 is 7.06. The Labute approximate surface area is 83.6 Å². The smallest absolute Gasteiger partial charge is 0.344 e. The molecule has 0 bridgehead atoms. The molecule has 0 amide bonds. The molecular weight excluding hydrogens is 253 g/mol. The maximum atomic E-state index is 5.14. The van der Waals surface area contributed by atoms with Gasteiger partial charge in [-0.25, -0.2) is 0 Å². The molecule has 3 heteroatoms. The first-order valence-corrected chi connectivity index (χ1v) is 3.13. The third-order valence-corrected chi connectivity index (χ3v) is 1.46. The molecular formula is C8H10INO. The molecule has 0 aromatic carbocycles. The Morgan fingerprint density at radius 3 is 2.64 bits per heavy atom. The van der Waals surface area contributed by atoms with Gasteiger partial charge in [-0.1, -0.05) is 0 Å². The minimum atomic E-state index is 0. The zero-order valence-electron chi connectivity index (χ0n) is 6.60. The van der Waals surface area contributed by atoms with Gasteiger partial charge in [0, 0.05) is 6.92 Å². The van der Waals surface area contributed by atoms with Gasteiger partial charge in [0.2, 0.25) is 12.2 Å². The van der Waals surface area contributed by atoms with E-state index in [0.29, 0.717) is 6.54 Å². The van der Waals surface area contributed by atoms with Crippen LogP contribution in [-0.2, 0) is 6.54 Å². The number of rotatable bonds is 1. The molecule has 1 rings (SSSR count). The third kappa shape index (κ3) is 2.22. The van der Waals surface area contributed by atoms with E-state index >= 15 is 0 Å². The maximum absolute atomic E-state index is 5.14. The molecule has 60 valence electrons. The van der Waals surface area contributed by atoms with E-state index in [4.69, 9.17) is 10.8 Å². The molecule has 0 N–H and O–H groups in total. The summed E-state index contributed by atoms with van der Waals surface area (Å²) in [5, 5.41) is 0. The second kappa shape index (κ2) is 4.39. The van der Waals surface area contributed by atoms with E-state index in [-0.39, 0.29) is 24.0 Å². The number of terminal acetylenes is 1. The summed E-state index contributed by atoms with van der Waals surface area (Å²) in [6.07, 6.45) is 6.85. The first-order valence-electron chi connectivity index (χ1n) is 3.13. The molecule has 0 aliphatic rings. The van der Waals surface area contributed by atoms with E-state index in [1.54, 1.807) is 6.26 Å². The molecule has 0 aliphatic carbocycles. The van der Waals surface area contributed by atoms with Gasteiger partial charge in [-0.2, -0.15) is 4.57 Å². The van der Waals surface area contributed by atoms with Crippen LogP contribution in [0.1, 0.15) is 11.6 Å². The summed E-state index contributed by atoms with van der Waals surface area (Å²) in [6.45, 7) is 4.45. The second-order valence-corrected chi connectivity index (χ2v) is 2.19. The highest BCUT2D eigenvalue weighted by molar-refractivity contribution is 4.84. The van der Waals surface area contributed by atoms with Crippen LogP contribution in [0.2, 0.25) is 0 Å². The predicted octanol–water partition coefficient (Wildman–Crippen LogP) is -2.18. The van der Waals surface area contributed by atoms with Crippen molar-refractivity contribution in [2.45, 2.75) is 20.4 Å². The molecule has 0 aliphatic heterocycles. The molecule has 0 spiro atoms. The normalized spacial score (nSPS) is 8.45. The van der Waals surface area contributed by atoms with Crippen LogP contribution < -0.4 is 28.5 Å². The number of aromatic nitrogens is 1. The summed E-state index contributed by atoms with van der Waals surface area (Å²) in [5.74, 6) is 3.41. The van der Waals surface area contributed by atoms with Crippen molar-refractivity contribution in [2.24, 2.45) is 0 Å². The Hall–Kier alpha value is -0.500. The predicted molar refractivity (Wildman–Crippen MR) is 37.2 cm³/mol. The van der Waals surface area contributed by atoms with Crippen LogP contribution in [0.5, 0.6) is 0 Å². The summed E-state index contributed by atoms with van der Waals surface area (Å²) in [7, 11) is 0. The van der Waals surface area contributed by atoms with Crippen molar-refractivity contribution >= 4 is 0 Å².